The molecule has 29 heavy (non-hydrogen) atoms. The molecular formula is C22H33N5OS. The van der Waals surface area contributed by atoms with Crippen molar-refractivity contribution >= 4 is 17.7 Å². The summed E-state index contributed by atoms with van der Waals surface area (Å²) in [6.07, 6.45) is 3.27. The van der Waals surface area contributed by atoms with E-state index in [1.165, 1.54) is 23.7 Å². The van der Waals surface area contributed by atoms with Crippen LogP contribution in [0.5, 0.6) is 0 Å². The van der Waals surface area contributed by atoms with Gasteiger partial charge in [-0.05, 0) is 44.8 Å². The molecule has 0 saturated carbocycles. The van der Waals surface area contributed by atoms with E-state index in [1.54, 1.807) is 0 Å². The van der Waals surface area contributed by atoms with Crippen molar-refractivity contribution < 1.29 is 4.79 Å². The number of nitrogens with zero attached hydrogens (tertiary/aromatic N) is 5. The molecule has 1 aliphatic rings. The average molecular weight is 416 g/mol. The third-order valence-corrected chi connectivity index (χ3v) is 6.52. The molecule has 6 nitrogen and oxygen atoms in total. The van der Waals surface area contributed by atoms with E-state index in [4.69, 9.17) is 0 Å². The second kappa shape index (κ2) is 10.3. The van der Waals surface area contributed by atoms with Gasteiger partial charge >= 0.3 is 0 Å². The molecule has 7 heteroatoms. The highest BCUT2D eigenvalue weighted by atomic mass is 32.2. The highest BCUT2D eigenvalue weighted by Gasteiger charge is 2.24. The van der Waals surface area contributed by atoms with Crippen LogP contribution in [0.15, 0.2) is 35.5 Å². The van der Waals surface area contributed by atoms with Gasteiger partial charge in [0.2, 0.25) is 5.91 Å². The number of likely N-dealkylation sites (tertiary alicyclic amines) is 1. The molecule has 0 bridgehead atoms. The van der Waals surface area contributed by atoms with Gasteiger partial charge in [0.15, 0.2) is 11.0 Å². The monoisotopic (exact) mass is 415 g/mol. The molecule has 2 heterocycles. The molecule has 1 fully saturated rings. The molecule has 1 aromatic carbocycles. The molecule has 1 amide bonds. The van der Waals surface area contributed by atoms with E-state index >= 15 is 0 Å². The van der Waals surface area contributed by atoms with Crippen LogP contribution < -0.4 is 0 Å². The first-order valence-corrected chi connectivity index (χ1v) is 11.5. The van der Waals surface area contributed by atoms with Gasteiger partial charge in [0, 0.05) is 13.1 Å². The summed E-state index contributed by atoms with van der Waals surface area (Å²) in [4.78, 5) is 16.9. The maximum absolute atomic E-state index is 12.7. The second-order valence-corrected chi connectivity index (χ2v) is 9.12. The number of carbonyl (C=O) groups excluding carboxylic acids is 1. The summed E-state index contributed by atoms with van der Waals surface area (Å²) in [5.74, 6) is 2.18. The minimum atomic E-state index is 0.194. The van der Waals surface area contributed by atoms with Crippen LogP contribution >= 0.6 is 11.8 Å². The molecule has 0 N–H and O–H groups in total. The number of hydrogen-bond donors (Lipinski definition) is 0. The molecule has 0 spiro atoms. The molecular weight excluding hydrogens is 382 g/mol. The lowest BCUT2D eigenvalue weighted by Gasteiger charge is -2.30. The van der Waals surface area contributed by atoms with Crippen molar-refractivity contribution in [1.29, 1.82) is 0 Å². The lowest BCUT2D eigenvalue weighted by Crippen LogP contribution is -2.40. The van der Waals surface area contributed by atoms with Crippen molar-refractivity contribution in [1.82, 2.24) is 24.6 Å². The zero-order chi connectivity index (χ0) is 20.8. The van der Waals surface area contributed by atoms with Crippen LogP contribution in [0.1, 0.15) is 50.5 Å². The molecule has 2 aromatic rings. The van der Waals surface area contributed by atoms with Crippen LogP contribution in [0.2, 0.25) is 0 Å². The standard InChI is InChI=1S/C22H33N5OS/c1-5-19(25(3)4)21-23-24-22(27(21)15-18-11-7-6-8-12-18)29-16-20(28)26-13-9-10-17(2)14-26/h6-8,11-12,17,19H,5,9-10,13-16H2,1-4H3/t17-,19+/m0/s1. The Morgan fingerprint density at radius 1 is 1.28 bits per heavy atom. The van der Waals surface area contributed by atoms with Gasteiger partial charge in [0.05, 0.1) is 18.3 Å². The smallest absolute Gasteiger partial charge is 0.233 e. The Labute approximate surface area is 178 Å². The summed E-state index contributed by atoms with van der Waals surface area (Å²) in [6.45, 7) is 6.86. The number of amides is 1. The van der Waals surface area contributed by atoms with Crippen LogP contribution in [0.4, 0.5) is 0 Å². The summed E-state index contributed by atoms with van der Waals surface area (Å²) in [5.41, 5.74) is 1.21. The topological polar surface area (TPSA) is 54.3 Å². The van der Waals surface area contributed by atoms with E-state index in [9.17, 15) is 4.79 Å². The normalized spacial score (nSPS) is 18.2. The number of carbonyl (C=O) groups is 1. The molecule has 0 unspecified atom stereocenters. The zero-order valence-corrected chi connectivity index (χ0v) is 18.9. The van der Waals surface area contributed by atoms with Crippen molar-refractivity contribution in [2.45, 2.75) is 50.9 Å². The SMILES string of the molecule is CC[C@H](c1nnc(SCC(=O)N2CCC[C@H](C)C2)n1Cc1ccccc1)N(C)C. The number of aromatic nitrogens is 3. The first-order chi connectivity index (χ1) is 14.0. The lowest BCUT2D eigenvalue weighted by molar-refractivity contribution is -0.130. The van der Waals surface area contributed by atoms with Crippen LogP contribution in [0.3, 0.4) is 0 Å². The Kier molecular flexibility index (Phi) is 7.72. The predicted molar refractivity (Wildman–Crippen MR) is 118 cm³/mol. The van der Waals surface area contributed by atoms with E-state index < -0.39 is 0 Å². The maximum Gasteiger partial charge on any atom is 0.233 e. The van der Waals surface area contributed by atoms with E-state index in [0.717, 1.165) is 36.9 Å². The third-order valence-electron chi connectivity index (χ3n) is 5.57. The number of piperidine rings is 1. The summed E-state index contributed by atoms with van der Waals surface area (Å²) < 4.78 is 2.18. The van der Waals surface area contributed by atoms with Gasteiger partial charge < -0.3 is 9.47 Å². The molecule has 3 rings (SSSR count). The minimum absolute atomic E-state index is 0.194. The summed E-state index contributed by atoms with van der Waals surface area (Å²) >= 11 is 1.51. The van der Waals surface area contributed by atoms with E-state index in [-0.39, 0.29) is 11.9 Å². The first-order valence-electron chi connectivity index (χ1n) is 10.5. The highest BCUT2D eigenvalue weighted by molar-refractivity contribution is 7.99. The van der Waals surface area contributed by atoms with Gasteiger partial charge in [-0.2, -0.15) is 0 Å². The molecule has 2 atom stereocenters. The molecule has 0 radical (unpaired) electrons. The van der Waals surface area contributed by atoms with Crippen molar-refractivity contribution in [2.24, 2.45) is 5.92 Å². The third kappa shape index (κ3) is 5.60. The van der Waals surface area contributed by atoms with Gasteiger partial charge in [-0.1, -0.05) is 55.9 Å². The fourth-order valence-corrected chi connectivity index (χ4v) is 4.83. The van der Waals surface area contributed by atoms with Crippen molar-refractivity contribution in [3.8, 4) is 0 Å². The molecule has 1 saturated heterocycles. The van der Waals surface area contributed by atoms with Gasteiger partial charge in [-0.25, -0.2) is 0 Å². The van der Waals surface area contributed by atoms with Crippen molar-refractivity contribution in [2.75, 3.05) is 32.9 Å². The van der Waals surface area contributed by atoms with Crippen molar-refractivity contribution in [3.05, 3.63) is 41.7 Å². The Balaban J connectivity index is 1.78. The quantitative estimate of drug-likeness (QED) is 0.616. The second-order valence-electron chi connectivity index (χ2n) is 8.18. The fourth-order valence-electron chi connectivity index (χ4n) is 3.98. The van der Waals surface area contributed by atoms with Crippen LogP contribution in [0, 0.1) is 5.92 Å². The molecule has 1 aromatic heterocycles. The lowest BCUT2D eigenvalue weighted by atomic mass is 10.0. The van der Waals surface area contributed by atoms with E-state index in [2.05, 4.69) is 71.9 Å². The molecule has 1 aliphatic heterocycles. The van der Waals surface area contributed by atoms with Gasteiger partial charge in [0.1, 0.15) is 0 Å². The Morgan fingerprint density at radius 2 is 2.03 bits per heavy atom. The number of hydrogen-bond acceptors (Lipinski definition) is 5. The van der Waals surface area contributed by atoms with Crippen LogP contribution in [0.25, 0.3) is 0 Å². The summed E-state index contributed by atoms with van der Waals surface area (Å²) in [6, 6.07) is 10.6. The number of benzene rings is 1. The van der Waals surface area contributed by atoms with Gasteiger partial charge in [-0.15, -0.1) is 10.2 Å². The molecule has 158 valence electrons. The van der Waals surface area contributed by atoms with Gasteiger partial charge in [0.25, 0.3) is 0 Å². The minimum Gasteiger partial charge on any atom is -0.342 e. The van der Waals surface area contributed by atoms with E-state index in [0.29, 0.717) is 18.2 Å². The van der Waals surface area contributed by atoms with Crippen molar-refractivity contribution in [3.63, 3.8) is 0 Å². The molecule has 0 aliphatic carbocycles. The summed E-state index contributed by atoms with van der Waals surface area (Å²) in [5, 5.41) is 9.83. The zero-order valence-electron chi connectivity index (χ0n) is 18.0. The number of rotatable bonds is 8. The fraction of sp³-hybridized carbons (Fsp3) is 0.591. The predicted octanol–water partition coefficient (Wildman–Crippen LogP) is 3.69. The first kappa shape index (κ1) is 21.8. The largest absolute Gasteiger partial charge is 0.342 e. The Hall–Kier alpha value is -1.86. The Bertz CT molecular complexity index is 792. The van der Waals surface area contributed by atoms with E-state index in [1.807, 2.05) is 11.0 Å². The number of thioether (sulfide) groups is 1. The average Bonchev–Trinajstić information content (AvgIpc) is 3.09. The van der Waals surface area contributed by atoms with Crippen LogP contribution in [-0.2, 0) is 11.3 Å². The van der Waals surface area contributed by atoms with Crippen LogP contribution in [-0.4, -0.2) is 63.4 Å². The highest BCUT2D eigenvalue weighted by Crippen LogP contribution is 2.27. The maximum atomic E-state index is 12.7. The summed E-state index contributed by atoms with van der Waals surface area (Å²) in [7, 11) is 4.15. The Morgan fingerprint density at radius 3 is 2.69 bits per heavy atom. The van der Waals surface area contributed by atoms with Gasteiger partial charge in [-0.3, -0.25) is 9.69 Å².